The maximum Gasteiger partial charge on any atom is 0.431 e. The number of carbonyl (C=O) groups is 1. The van der Waals surface area contributed by atoms with Gasteiger partial charge in [-0.1, -0.05) is 16.8 Å². The lowest BCUT2D eigenvalue weighted by atomic mass is 10.0. The largest absolute Gasteiger partial charge is 0.481 e. The molecule has 0 aliphatic heterocycles. The molecule has 0 saturated heterocycles. The molecule has 0 bridgehead atoms. The lowest BCUT2D eigenvalue weighted by molar-refractivity contribution is -0.142. The number of fused-ring (bicyclic) bond motifs is 1. The molecule has 2 aromatic carbocycles. The van der Waals surface area contributed by atoms with Gasteiger partial charge in [-0.3, -0.25) is 4.79 Å². The summed E-state index contributed by atoms with van der Waals surface area (Å²) in [5, 5.41) is 12.9. The van der Waals surface area contributed by atoms with Crippen molar-refractivity contribution in [3.8, 4) is 22.7 Å². The first-order valence-electron chi connectivity index (χ1n) is 9.86. The van der Waals surface area contributed by atoms with E-state index in [-0.39, 0.29) is 32.5 Å². The second-order valence-corrected chi connectivity index (χ2v) is 7.58. The van der Waals surface area contributed by atoms with Crippen LogP contribution < -0.4 is 16.0 Å². The van der Waals surface area contributed by atoms with Crippen LogP contribution in [0, 0.1) is 19.7 Å². The highest BCUT2D eigenvalue weighted by molar-refractivity contribution is 5.94. The Morgan fingerprint density at radius 3 is 2.57 bits per heavy atom. The summed E-state index contributed by atoms with van der Waals surface area (Å²) in [6, 6.07) is 6.60. The summed E-state index contributed by atoms with van der Waals surface area (Å²) >= 11 is 0. The summed E-state index contributed by atoms with van der Waals surface area (Å²) in [5.41, 5.74) is -4.88. The van der Waals surface area contributed by atoms with E-state index in [1.807, 2.05) is 0 Å². The molecule has 0 aliphatic rings. The van der Waals surface area contributed by atoms with Gasteiger partial charge in [-0.05, 0) is 32.0 Å². The average Bonchev–Trinajstić information content (AvgIpc) is 3.17. The number of nitrogens with zero attached hydrogens (tertiary/aromatic N) is 2. The fourth-order valence-corrected chi connectivity index (χ4v) is 3.53. The van der Waals surface area contributed by atoms with Crippen molar-refractivity contribution in [1.82, 2.24) is 14.7 Å². The van der Waals surface area contributed by atoms with Crippen molar-refractivity contribution < 1.29 is 36.7 Å². The van der Waals surface area contributed by atoms with Crippen molar-refractivity contribution in [2.45, 2.75) is 20.0 Å². The molecule has 0 unspecified atom stereocenters. The Kier molecular flexibility index (Phi) is 5.71. The molecule has 0 aliphatic carbocycles. The van der Waals surface area contributed by atoms with Gasteiger partial charge in [-0.15, -0.1) is 0 Å². The number of ether oxygens (including phenoxy) is 1. The predicted molar refractivity (Wildman–Crippen MR) is 113 cm³/mol. The third-order valence-corrected chi connectivity index (χ3v) is 5.14. The molecule has 0 atom stereocenters. The molecule has 4 aromatic rings. The number of carboxylic acids is 1. The second-order valence-electron chi connectivity index (χ2n) is 7.58. The highest BCUT2D eigenvalue weighted by Gasteiger charge is 2.36. The average molecular weight is 493 g/mol. The van der Waals surface area contributed by atoms with Gasteiger partial charge in [0.1, 0.15) is 17.1 Å². The number of halogens is 4. The number of aromatic amines is 1. The monoisotopic (exact) mass is 493 g/mol. The molecule has 0 radical (unpaired) electrons. The Morgan fingerprint density at radius 2 is 1.91 bits per heavy atom. The number of nitrogens with one attached hydrogen (secondary N) is 1. The standard InChI is InChI=1S/C22H15F4N3O6/c1-9-3-4-15(34-8-17(30)31)11(5-9)18-12-6-14(13(23)7-16(12)35-28-18)29-20(32)10(2)19(22(24,25)26)27-21(29)33/h3-7H,8H2,1-2H3,(H,27,33)(H,30,31). The van der Waals surface area contributed by atoms with Gasteiger partial charge in [0.05, 0.1) is 11.1 Å². The number of rotatable bonds is 5. The van der Waals surface area contributed by atoms with Crippen LogP contribution in [0.3, 0.4) is 0 Å². The van der Waals surface area contributed by atoms with E-state index in [2.05, 4.69) is 5.16 Å². The fourth-order valence-electron chi connectivity index (χ4n) is 3.53. The Morgan fingerprint density at radius 1 is 1.20 bits per heavy atom. The topological polar surface area (TPSA) is 127 Å². The fraction of sp³-hybridized carbons (Fsp3) is 0.182. The number of aryl methyl sites for hydroxylation is 1. The lowest BCUT2D eigenvalue weighted by Gasteiger charge is -2.13. The van der Waals surface area contributed by atoms with Crippen molar-refractivity contribution in [2.24, 2.45) is 0 Å². The molecule has 4 rings (SSSR count). The van der Waals surface area contributed by atoms with Crippen molar-refractivity contribution in [3.05, 3.63) is 73.8 Å². The molecular formula is C22H15F4N3O6. The van der Waals surface area contributed by atoms with Gasteiger partial charge < -0.3 is 19.4 Å². The van der Waals surface area contributed by atoms with Crippen LogP contribution in [-0.4, -0.2) is 32.4 Å². The zero-order chi connectivity index (χ0) is 25.7. The number of carboxylic acid groups (broad SMARTS) is 1. The minimum Gasteiger partial charge on any atom is -0.481 e. The summed E-state index contributed by atoms with van der Waals surface area (Å²) in [6.07, 6.45) is -5.00. The predicted octanol–water partition coefficient (Wildman–Crippen LogP) is 3.57. The third-order valence-electron chi connectivity index (χ3n) is 5.14. The van der Waals surface area contributed by atoms with E-state index in [4.69, 9.17) is 14.4 Å². The van der Waals surface area contributed by atoms with Crippen LogP contribution in [0.15, 0.2) is 44.4 Å². The SMILES string of the molecule is Cc1ccc(OCC(=O)O)c(-c2noc3cc(F)c(-n4c(=O)[nH]c(C(F)(F)F)c(C)c4=O)cc23)c1. The minimum atomic E-state index is -5.00. The van der Waals surface area contributed by atoms with Gasteiger partial charge in [0.25, 0.3) is 5.56 Å². The summed E-state index contributed by atoms with van der Waals surface area (Å²) in [4.78, 5) is 37.6. The van der Waals surface area contributed by atoms with E-state index in [9.17, 15) is 31.9 Å². The van der Waals surface area contributed by atoms with Gasteiger partial charge in [-0.2, -0.15) is 13.2 Å². The maximum absolute atomic E-state index is 14.9. The van der Waals surface area contributed by atoms with Gasteiger partial charge in [0.15, 0.2) is 18.0 Å². The molecular weight excluding hydrogens is 478 g/mol. The van der Waals surface area contributed by atoms with E-state index in [0.717, 1.165) is 24.6 Å². The second kappa shape index (κ2) is 8.42. The van der Waals surface area contributed by atoms with Gasteiger partial charge in [0.2, 0.25) is 0 Å². The number of hydrogen-bond donors (Lipinski definition) is 2. The maximum atomic E-state index is 14.9. The Balaban J connectivity index is 1.96. The molecule has 0 spiro atoms. The molecule has 0 fully saturated rings. The molecule has 9 nitrogen and oxygen atoms in total. The molecule has 13 heteroatoms. The van der Waals surface area contributed by atoms with E-state index in [1.165, 1.54) is 6.07 Å². The highest BCUT2D eigenvalue weighted by Crippen LogP contribution is 2.36. The molecule has 35 heavy (non-hydrogen) atoms. The number of benzene rings is 2. The first-order valence-corrected chi connectivity index (χ1v) is 9.86. The van der Waals surface area contributed by atoms with Crippen LogP contribution in [0.1, 0.15) is 16.8 Å². The Labute approximate surface area is 192 Å². The van der Waals surface area contributed by atoms with E-state index in [0.29, 0.717) is 0 Å². The van der Waals surface area contributed by atoms with Crippen molar-refractivity contribution in [2.75, 3.05) is 6.61 Å². The summed E-state index contributed by atoms with van der Waals surface area (Å²) in [7, 11) is 0. The summed E-state index contributed by atoms with van der Waals surface area (Å²) < 4.78 is 65.0. The lowest BCUT2D eigenvalue weighted by Crippen LogP contribution is -2.38. The van der Waals surface area contributed by atoms with Gasteiger partial charge in [0, 0.05) is 17.2 Å². The van der Waals surface area contributed by atoms with E-state index >= 15 is 0 Å². The summed E-state index contributed by atoms with van der Waals surface area (Å²) in [5.74, 6) is -2.25. The van der Waals surface area contributed by atoms with Gasteiger partial charge in [-0.25, -0.2) is 18.5 Å². The Hall–Kier alpha value is -4.42. The van der Waals surface area contributed by atoms with Crippen LogP contribution in [0.4, 0.5) is 17.6 Å². The number of hydrogen-bond acceptors (Lipinski definition) is 6. The summed E-state index contributed by atoms with van der Waals surface area (Å²) in [6.45, 7) is 1.93. The van der Waals surface area contributed by atoms with Crippen LogP contribution in [0.5, 0.6) is 5.75 Å². The molecule has 0 saturated carbocycles. The zero-order valence-corrected chi connectivity index (χ0v) is 18.0. The first-order chi connectivity index (χ1) is 16.4. The van der Waals surface area contributed by atoms with Crippen LogP contribution in [0.2, 0.25) is 0 Å². The molecule has 2 N–H and O–H groups in total. The number of aromatic nitrogens is 3. The highest BCUT2D eigenvalue weighted by atomic mass is 19.4. The third kappa shape index (κ3) is 4.27. The molecule has 0 amide bonds. The zero-order valence-electron chi connectivity index (χ0n) is 18.0. The van der Waals surface area contributed by atoms with Crippen molar-refractivity contribution in [1.29, 1.82) is 0 Å². The van der Waals surface area contributed by atoms with Crippen LogP contribution >= 0.6 is 0 Å². The molecule has 2 aromatic heterocycles. The normalized spacial score (nSPS) is 11.7. The quantitative estimate of drug-likeness (QED) is 0.407. The number of alkyl halides is 3. The molecule has 2 heterocycles. The molecule has 182 valence electrons. The number of H-pyrrole nitrogens is 1. The van der Waals surface area contributed by atoms with E-state index in [1.54, 1.807) is 24.0 Å². The van der Waals surface area contributed by atoms with Crippen LogP contribution in [0.25, 0.3) is 27.9 Å². The van der Waals surface area contributed by atoms with Crippen molar-refractivity contribution >= 4 is 16.9 Å². The van der Waals surface area contributed by atoms with Crippen molar-refractivity contribution in [3.63, 3.8) is 0 Å². The smallest absolute Gasteiger partial charge is 0.431 e. The minimum absolute atomic E-state index is 0.0680. The van der Waals surface area contributed by atoms with Crippen LogP contribution in [-0.2, 0) is 11.0 Å². The van der Waals surface area contributed by atoms with Gasteiger partial charge >= 0.3 is 17.8 Å². The number of aliphatic carboxylic acids is 1. The Bertz CT molecular complexity index is 1600. The first kappa shape index (κ1) is 23.7. The van der Waals surface area contributed by atoms with E-state index < -0.39 is 52.8 Å².